The second kappa shape index (κ2) is 12.1. The molecule has 0 fully saturated rings. The van der Waals surface area contributed by atoms with Crippen LogP contribution in [0, 0.1) is 0 Å². The van der Waals surface area contributed by atoms with Crippen molar-refractivity contribution in [2.24, 2.45) is 0 Å². The van der Waals surface area contributed by atoms with E-state index in [0.717, 1.165) is 22.6 Å². The first kappa shape index (κ1) is 33.2. The van der Waals surface area contributed by atoms with E-state index < -0.39 is 0 Å². The van der Waals surface area contributed by atoms with E-state index in [2.05, 4.69) is 208 Å². The zero-order chi connectivity index (χ0) is 37.6. The number of fused-ring (bicyclic) bond motifs is 8. The Hall–Kier alpha value is -6.38. The standard InChI is InChI=1S/C53H44N2/c1-7-36(55-50-24-14-11-21-43(50)44-22-12-15-25-51(44)55)31-46-34(2)39-29-27-37(32-47(39)53(46,5)6)54(49-26-16-18-35-17-8-9-19-40(35)49)38-28-30-42-41-20-10-13-23-45(41)52(3,4)48(42)33-38/h7-33H,2H2,1,3-6H3/b36-7+,46-31+. The molecule has 1 heterocycles. The van der Waals surface area contributed by atoms with Crippen molar-refractivity contribution in [3.8, 4) is 11.1 Å². The van der Waals surface area contributed by atoms with Crippen molar-refractivity contribution in [2.75, 3.05) is 4.90 Å². The highest BCUT2D eigenvalue weighted by Crippen LogP contribution is 2.54. The third kappa shape index (κ3) is 4.80. The van der Waals surface area contributed by atoms with Crippen LogP contribution in [0.3, 0.4) is 0 Å². The molecule has 0 saturated heterocycles. The third-order valence-electron chi connectivity index (χ3n) is 12.5. The molecule has 0 radical (unpaired) electrons. The van der Waals surface area contributed by atoms with Crippen molar-refractivity contribution in [3.63, 3.8) is 0 Å². The lowest BCUT2D eigenvalue weighted by Crippen LogP contribution is -2.18. The van der Waals surface area contributed by atoms with Crippen LogP contribution in [-0.4, -0.2) is 4.57 Å². The molecule has 8 aromatic rings. The molecule has 0 aliphatic heterocycles. The maximum absolute atomic E-state index is 4.75. The predicted molar refractivity (Wildman–Crippen MR) is 236 cm³/mol. The molecule has 0 saturated carbocycles. The molecular weight excluding hydrogens is 665 g/mol. The highest BCUT2D eigenvalue weighted by Gasteiger charge is 2.39. The van der Waals surface area contributed by atoms with Gasteiger partial charge in [-0.1, -0.05) is 150 Å². The minimum Gasteiger partial charge on any atom is -0.310 e. The SMILES string of the molecule is C=C1/C(=C\C(=C/C)n2c3ccccc3c3ccccc32)C(C)(C)c2cc(N(c3ccc4c(c3)C(C)(C)c3ccccc3-4)c3cccc4ccccc34)ccc21. The van der Waals surface area contributed by atoms with Crippen LogP contribution in [0.25, 0.3) is 55.0 Å². The van der Waals surface area contributed by atoms with E-state index in [1.54, 1.807) is 0 Å². The van der Waals surface area contributed by atoms with E-state index >= 15 is 0 Å². The Morgan fingerprint density at radius 1 is 0.545 bits per heavy atom. The predicted octanol–water partition coefficient (Wildman–Crippen LogP) is 14.5. The van der Waals surface area contributed by atoms with Gasteiger partial charge in [0.25, 0.3) is 0 Å². The van der Waals surface area contributed by atoms with Crippen LogP contribution in [0.4, 0.5) is 17.1 Å². The minimum atomic E-state index is -0.290. The molecular formula is C53H44N2. The lowest BCUT2D eigenvalue weighted by molar-refractivity contribution is 0.660. The van der Waals surface area contributed by atoms with Crippen LogP contribution in [0.2, 0.25) is 0 Å². The zero-order valence-electron chi connectivity index (χ0n) is 32.2. The summed E-state index contributed by atoms with van der Waals surface area (Å²) in [7, 11) is 0. The number of benzene rings is 7. The Morgan fingerprint density at radius 2 is 1.09 bits per heavy atom. The van der Waals surface area contributed by atoms with E-state index in [1.165, 1.54) is 77.2 Å². The van der Waals surface area contributed by atoms with Crippen LogP contribution < -0.4 is 4.90 Å². The fourth-order valence-electron chi connectivity index (χ4n) is 9.67. The molecule has 2 aliphatic carbocycles. The van der Waals surface area contributed by atoms with Crippen molar-refractivity contribution in [3.05, 3.63) is 198 Å². The molecule has 266 valence electrons. The lowest BCUT2D eigenvalue weighted by atomic mass is 9.81. The van der Waals surface area contributed by atoms with Gasteiger partial charge in [-0.05, 0) is 105 Å². The van der Waals surface area contributed by atoms with Crippen molar-refractivity contribution in [2.45, 2.75) is 45.4 Å². The van der Waals surface area contributed by atoms with Crippen LogP contribution in [0.15, 0.2) is 176 Å². The van der Waals surface area contributed by atoms with Gasteiger partial charge in [-0.3, -0.25) is 0 Å². The number of hydrogen-bond acceptors (Lipinski definition) is 1. The van der Waals surface area contributed by atoms with Crippen molar-refractivity contribution < 1.29 is 0 Å². The zero-order valence-corrected chi connectivity index (χ0v) is 32.2. The van der Waals surface area contributed by atoms with E-state index in [4.69, 9.17) is 6.58 Å². The van der Waals surface area contributed by atoms with Crippen LogP contribution in [0.1, 0.15) is 56.9 Å². The molecule has 0 bridgehead atoms. The highest BCUT2D eigenvalue weighted by molar-refractivity contribution is 6.10. The smallest absolute Gasteiger partial charge is 0.0540 e. The summed E-state index contributed by atoms with van der Waals surface area (Å²) in [5.74, 6) is 0. The molecule has 1 aromatic heterocycles. The molecule has 2 nitrogen and oxygen atoms in total. The van der Waals surface area contributed by atoms with Crippen LogP contribution in [-0.2, 0) is 10.8 Å². The number of nitrogens with zero attached hydrogens (tertiary/aromatic N) is 2. The maximum Gasteiger partial charge on any atom is 0.0540 e. The van der Waals surface area contributed by atoms with Gasteiger partial charge >= 0.3 is 0 Å². The van der Waals surface area contributed by atoms with E-state index in [0.29, 0.717) is 0 Å². The second-order valence-electron chi connectivity index (χ2n) is 16.2. The summed E-state index contributed by atoms with van der Waals surface area (Å²) >= 11 is 0. The summed E-state index contributed by atoms with van der Waals surface area (Å²) in [5.41, 5.74) is 16.9. The topological polar surface area (TPSA) is 8.17 Å². The van der Waals surface area contributed by atoms with Crippen molar-refractivity contribution >= 4 is 60.9 Å². The summed E-state index contributed by atoms with van der Waals surface area (Å²) in [4.78, 5) is 2.47. The average Bonchev–Trinajstić information content (AvgIpc) is 3.73. The number of anilines is 3. The quantitative estimate of drug-likeness (QED) is 0.173. The fourth-order valence-corrected chi connectivity index (χ4v) is 9.67. The Balaban J connectivity index is 1.13. The van der Waals surface area contributed by atoms with Gasteiger partial charge in [0, 0.05) is 44.1 Å². The first-order chi connectivity index (χ1) is 26.7. The Labute approximate surface area is 324 Å². The largest absolute Gasteiger partial charge is 0.310 e. The Morgan fingerprint density at radius 3 is 1.78 bits per heavy atom. The normalized spacial score (nSPS) is 16.2. The minimum absolute atomic E-state index is 0.107. The molecule has 0 atom stereocenters. The average molecular weight is 709 g/mol. The second-order valence-corrected chi connectivity index (χ2v) is 16.2. The van der Waals surface area contributed by atoms with Gasteiger partial charge in [0.1, 0.15) is 0 Å². The van der Waals surface area contributed by atoms with Crippen LogP contribution in [0.5, 0.6) is 0 Å². The lowest BCUT2D eigenvalue weighted by Gasteiger charge is -2.30. The van der Waals surface area contributed by atoms with Gasteiger partial charge in [0.2, 0.25) is 0 Å². The molecule has 10 rings (SSSR count). The number of aromatic nitrogens is 1. The van der Waals surface area contributed by atoms with Crippen molar-refractivity contribution in [1.82, 2.24) is 4.57 Å². The third-order valence-corrected chi connectivity index (χ3v) is 12.5. The van der Waals surface area contributed by atoms with Gasteiger partial charge in [0.15, 0.2) is 0 Å². The number of para-hydroxylation sites is 2. The molecule has 55 heavy (non-hydrogen) atoms. The van der Waals surface area contributed by atoms with Gasteiger partial charge < -0.3 is 9.47 Å². The molecule has 7 aromatic carbocycles. The fraction of sp³-hybridized carbons (Fsp3) is 0.132. The number of rotatable bonds is 5. The molecule has 0 amide bonds. The molecule has 2 aliphatic rings. The van der Waals surface area contributed by atoms with Gasteiger partial charge in [-0.2, -0.15) is 0 Å². The first-order valence-corrected chi connectivity index (χ1v) is 19.4. The van der Waals surface area contributed by atoms with E-state index in [-0.39, 0.29) is 10.8 Å². The summed E-state index contributed by atoms with van der Waals surface area (Å²) in [6.07, 6.45) is 4.61. The van der Waals surface area contributed by atoms with E-state index in [9.17, 15) is 0 Å². The molecule has 2 heteroatoms. The summed E-state index contributed by atoms with van der Waals surface area (Å²) < 4.78 is 2.41. The van der Waals surface area contributed by atoms with Crippen molar-refractivity contribution in [1.29, 1.82) is 0 Å². The highest BCUT2D eigenvalue weighted by atomic mass is 15.1. The summed E-state index contributed by atoms with van der Waals surface area (Å²) in [6, 6.07) is 55.8. The Bertz CT molecular complexity index is 2900. The number of hydrogen-bond donors (Lipinski definition) is 0. The summed E-state index contributed by atoms with van der Waals surface area (Å²) in [6.45, 7) is 16.3. The monoisotopic (exact) mass is 708 g/mol. The van der Waals surface area contributed by atoms with Gasteiger partial charge in [0.05, 0.1) is 16.7 Å². The molecule has 0 unspecified atom stereocenters. The molecule has 0 spiro atoms. The Kier molecular flexibility index (Phi) is 7.28. The van der Waals surface area contributed by atoms with Crippen LogP contribution >= 0.6 is 0 Å². The van der Waals surface area contributed by atoms with E-state index in [1.807, 2.05) is 0 Å². The summed E-state index contributed by atoms with van der Waals surface area (Å²) in [5, 5.41) is 4.98. The van der Waals surface area contributed by atoms with Gasteiger partial charge in [-0.15, -0.1) is 0 Å². The molecule has 0 N–H and O–H groups in total. The maximum atomic E-state index is 4.75. The first-order valence-electron chi connectivity index (χ1n) is 19.4. The number of allylic oxidation sites excluding steroid dienone is 5. The van der Waals surface area contributed by atoms with Gasteiger partial charge in [-0.25, -0.2) is 0 Å².